The molecule has 0 amide bonds. The van der Waals surface area contributed by atoms with Crippen LogP contribution in [0.3, 0.4) is 0 Å². The lowest BCUT2D eigenvalue weighted by Crippen LogP contribution is -1.66. The Hall–Kier alpha value is 0.150. The standard InChI is InChI=1S/C2H7O3P/c1-4-6(3)5-2/h6H,1-2H3/i6D. The first-order chi connectivity index (χ1) is 3.12. The second kappa shape index (κ2) is 3.34. The van der Waals surface area contributed by atoms with Gasteiger partial charge in [-0.3, -0.25) is 4.57 Å². The van der Waals surface area contributed by atoms with E-state index in [-0.39, 0.29) is 0 Å². The minimum atomic E-state index is -3.40. The van der Waals surface area contributed by atoms with Gasteiger partial charge in [0.1, 0.15) is 0 Å². The third-order valence-electron chi connectivity index (χ3n) is 0.298. The van der Waals surface area contributed by atoms with E-state index in [0.29, 0.717) is 0 Å². The Labute approximate surface area is 38.5 Å². The molecule has 0 aromatic rings. The fourth-order valence-corrected chi connectivity index (χ4v) is 0.224. The predicted octanol–water partition coefficient (Wildman–Crippen LogP) is 0.669. The fourth-order valence-electron chi connectivity index (χ4n) is 0.0745. The van der Waals surface area contributed by atoms with Gasteiger partial charge in [-0.1, -0.05) is 0 Å². The molecule has 6 heavy (non-hydrogen) atoms. The van der Waals surface area contributed by atoms with Gasteiger partial charge in [-0.2, -0.15) is 0 Å². The molecular weight excluding hydrogens is 103 g/mol. The van der Waals surface area contributed by atoms with Gasteiger partial charge in [-0.05, 0) is 0 Å². The maximum Gasteiger partial charge on any atom is 0.318 e. The van der Waals surface area contributed by atoms with Crippen LogP contribution in [-0.2, 0) is 13.6 Å². The molecule has 0 radical (unpaired) electrons. The smallest absolute Gasteiger partial charge is 0.314 e. The normalized spacial score (nSPS) is 14.0. The van der Waals surface area contributed by atoms with E-state index in [1.165, 1.54) is 0 Å². The zero-order valence-corrected chi connectivity index (χ0v) is 4.57. The lowest BCUT2D eigenvalue weighted by molar-refractivity contribution is 0.302. The fraction of sp³-hybridized carbons (Fsp3) is 1.00. The molecular formula is C2H7O3P. The van der Waals surface area contributed by atoms with E-state index in [9.17, 15) is 4.57 Å². The highest BCUT2D eigenvalue weighted by atomic mass is 31.1. The first-order valence-corrected chi connectivity index (χ1v) is 2.46. The molecule has 38 valence electrons. The highest BCUT2D eigenvalue weighted by Gasteiger charge is 1.83. The molecule has 0 saturated carbocycles. The Kier molecular flexibility index (Phi) is 2.40. The molecule has 0 aliphatic heterocycles. The van der Waals surface area contributed by atoms with Crippen LogP contribution in [0.4, 0.5) is 0 Å². The van der Waals surface area contributed by atoms with Crippen molar-refractivity contribution in [3.8, 4) is 0 Å². The maximum atomic E-state index is 10.2. The van der Waals surface area contributed by atoms with E-state index in [0.717, 1.165) is 14.2 Å². The van der Waals surface area contributed by atoms with Crippen molar-refractivity contribution in [3.63, 3.8) is 0 Å². The number of hydrogen-bond acceptors (Lipinski definition) is 3. The Morgan fingerprint density at radius 3 is 2.00 bits per heavy atom. The van der Waals surface area contributed by atoms with Gasteiger partial charge in [0.05, 0.1) is 0 Å². The van der Waals surface area contributed by atoms with Crippen LogP contribution in [0.2, 0.25) is 0 Å². The summed E-state index contributed by atoms with van der Waals surface area (Å²) in [6, 6.07) is 0. The van der Waals surface area contributed by atoms with Gasteiger partial charge < -0.3 is 9.05 Å². The van der Waals surface area contributed by atoms with E-state index < -0.39 is 8.20 Å². The summed E-state index contributed by atoms with van der Waals surface area (Å²) in [5, 5.41) is 0. The number of hydrogen-bond donors (Lipinski definition) is 0. The minimum absolute atomic E-state index is 1.16. The van der Waals surface area contributed by atoms with Crippen molar-refractivity contribution in [1.29, 1.82) is 1.28 Å². The Bertz CT molecular complexity index is 84.9. The molecule has 0 N–H and O–H groups in total. The molecule has 0 aliphatic rings. The summed E-state index contributed by atoms with van der Waals surface area (Å²) < 4.78 is 24.9. The van der Waals surface area contributed by atoms with Crippen LogP contribution in [0.15, 0.2) is 0 Å². The number of rotatable bonds is 2. The predicted molar refractivity (Wildman–Crippen MR) is 23.0 cm³/mol. The molecule has 0 aromatic heterocycles. The lowest BCUT2D eigenvalue weighted by atomic mass is 11.8. The van der Waals surface area contributed by atoms with Crippen LogP contribution in [0.25, 0.3) is 0 Å². The summed E-state index contributed by atoms with van der Waals surface area (Å²) in [5.74, 6) is 0. The molecule has 0 rings (SSSR count). The molecule has 0 aromatic carbocycles. The second-order valence-corrected chi connectivity index (χ2v) is 1.77. The van der Waals surface area contributed by atoms with Gasteiger partial charge in [-0.25, -0.2) is 0 Å². The van der Waals surface area contributed by atoms with Gasteiger partial charge in [0.25, 0.3) is 0 Å². The van der Waals surface area contributed by atoms with Crippen molar-refractivity contribution in [2.24, 2.45) is 0 Å². The summed E-state index contributed by atoms with van der Waals surface area (Å²) in [6.45, 7) is 0. The average molecular weight is 111 g/mol. The van der Waals surface area contributed by atoms with Gasteiger partial charge in [0, 0.05) is 14.2 Å². The van der Waals surface area contributed by atoms with Crippen LogP contribution in [0.1, 0.15) is 0 Å². The van der Waals surface area contributed by atoms with E-state index in [2.05, 4.69) is 9.05 Å². The van der Waals surface area contributed by atoms with Crippen LogP contribution >= 0.6 is 8.20 Å². The van der Waals surface area contributed by atoms with Crippen LogP contribution in [0, 0.1) is 0 Å². The average Bonchev–Trinajstić information content (AvgIpc) is 1.68. The largest absolute Gasteiger partial charge is 0.318 e. The lowest BCUT2D eigenvalue weighted by Gasteiger charge is -1.89. The summed E-state index contributed by atoms with van der Waals surface area (Å²) in [6.07, 6.45) is 0. The topological polar surface area (TPSA) is 35.5 Å². The Balaban J connectivity index is 3.61. The zero-order valence-electron chi connectivity index (χ0n) is 4.67. The van der Waals surface area contributed by atoms with Crippen molar-refractivity contribution in [1.82, 2.24) is 0 Å². The molecule has 4 heteroatoms. The van der Waals surface area contributed by atoms with Crippen LogP contribution in [-0.4, -0.2) is 15.5 Å². The third-order valence-corrected chi connectivity index (χ3v) is 0.894. The Morgan fingerprint density at radius 1 is 1.67 bits per heavy atom. The summed E-state index contributed by atoms with van der Waals surface area (Å²) in [5.41, 5.74) is 0. The molecule has 0 heterocycles. The van der Waals surface area contributed by atoms with Crippen LogP contribution < -0.4 is 0 Å². The van der Waals surface area contributed by atoms with E-state index >= 15 is 0 Å². The quantitative estimate of drug-likeness (QED) is 0.491. The first kappa shape index (κ1) is 4.31. The Morgan fingerprint density at radius 2 is 2.00 bits per heavy atom. The van der Waals surface area contributed by atoms with Crippen molar-refractivity contribution >= 4 is 8.20 Å². The molecule has 0 spiro atoms. The van der Waals surface area contributed by atoms with Crippen molar-refractivity contribution < 1.29 is 13.6 Å². The molecule has 0 atom stereocenters. The van der Waals surface area contributed by atoms with Gasteiger partial charge in [-0.15, -0.1) is 0 Å². The molecule has 0 aliphatic carbocycles. The zero-order chi connectivity index (χ0) is 5.91. The summed E-state index contributed by atoms with van der Waals surface area (Å²) in [7, 11) is -1.08. The van der Waals surface area contributed by atoms with Gasteiger partial charge >= 0.3 is 8.20 Å². The monoisotopic (exact) mass is 111 g/mol. The van der Waals surface area contributed by atoms with Crippen molar-refractivity contribution in [2.45, 2.75) is 0 Å². The molecule has 0 fully saturated rings. The van der Waals surface area contributed by atoms with E-state index in [4.69, 9.17) is 1.28 Å². The highest BCUT2D eigenvalue weighted by molar-refractivity contribution is 7.33. The molecule has 0 bridgehead atoms. The van der Waals surface area contributed by atoms with E-state index in [1.807, 2.05) is 0 Å². The minimum Gasteiger partial charge on any atom is -0.314 e. The summed E-state index contributed by atoms with van der Waals surface area (Å²) >= 11 is 0. The summed E-state index contributed by atoms with van der Waals surface area (Å²) in [4.78, 5) is 0. The maximum absolute atomic E-state index is 10.2. The van der Waals surface area contributed by atoms with Crippen molar-refractivity contribution in [2.75, 3.05) is 14.2 Å². The SMILES string of the molecule is [2H]P(=O)(OC)OC. The highest BCUT2D eigenvalue weighted by Crippen LogP contribution is 2.18. The second-order valence-electron chi connectivity index (χ2n) is 0.589. The van der Waals surface area contributed by atoms with Gasteiger partial charge in [0.15, 0.2) is 1.28 Å². The molecule has 3 nitrogen and oxygen atoms in total. The third kappa shape index (κ3) is 2.39. The first-order valence-electron chi connectivity index (χ1n) is 1.81. The molecule has 0 saturated heterocycles. The van der Waals surface area contributed by atoms with Crippen LogP contribution in [0.5, 0.6) is 0 Å². The van der Waals surface area contributed by atoms with E-state index in [1.54, 1.807) is 0 Å². The molecule has 0 unspecified atom stereocenters. The van der Waals surface area contributed by atoms with Gasteiger partial charge in [0.2, 0.25) is 0 Å². The van der Waals surface area contributed by atoms with Crippen molar-refractivity contribution in [3.05, 3.63) is 0 Å².